The summed E-state index contributed by atoms with van der Waals surface area (Å²) in [4.78, 5) is 83.4. The average Bonchev–Trinajstić information content (AvgIpc) is 4.07. The summed E-state index contributed by atoms with van der Waals surface area (Å²) in [5, 5.41) is 13.3. The van der Waals surface area contributed by atoms with Crippen LogP contribution < -0.4 is 30.9 Å². The van der Waals surface area contributed by atoms with Gasteiger partial charge in [-0.05, 0) is 68.5 Å². The van der Waals surface area contributed by atoms with E-state index in [4.69, 9.17) is 25.9 Å². The van der Waals surface area contributed by atoms with Crippen molar-refractivity contribution >= 4 is 62.9 Å². The Balaban J connectivity index is 0.745. The molecule has 4 N–H and O–H groups in total. The normalized spacial score (nSPS) is 23.8. The molecule has 0 radical (unpaired) electrons. The first-order valence-electron chi connectivity index (χ1n) is 24.0. The number of rotatable bonds is 13. The van der Waals surface area contributed by atoms with Gasteiger partial charge in [0.1, 0.15) is 42.1 Å². The third-order valence-electron chi connectivity index (χ3n) is 14.8. The van der Waals surface area contributed by atoms with Crippen molar-refractivity contribution in [1.82, 2.24) is 40.7 Å². The number of halogens is 2. The van der Waals surface area contributed by atoms with Gasteiger partial charge in [-0.25, -0.2) is 13.6 Å². The number of amides is 5. The monoisotopic (exact) mass is 964 g/mol. The first kappa shape index (κ1) is 45.9. The van der Waals surface area contributed by atoms with Crippen molar-refractivity contribution in [2.45, 2.75) is 81.1 Å². The quantitative estimate of drug-likeness (QED) is 0.0519. The van der Waals surface area contributed by atoms with E-state index in [1.54, 1.807) is 42.6 Å². The lowest BCUT2D eigenvalue weighted by Gasteiger charge is -2.35. The summed E-state index contributed by atoms with van der Waals surface area (Å²) >= 11 is 0. The maximum Gasteiger partial charge on any atom is 0.407 e. The SMILES string of the molecule is C#Cc1c(F)ccc2cccc(-c3ncc4c(N5CC6CCC(C5)N6)nc(OC[C@@]56CC[C@@H](COC(=O)NCCCNc7cccc8c7C(=O)N(C7CCC(=O)NC7=O)C8=O)N5CC(=C)C6)nc4c3F)c12. The van der Waals surface area contributed by atoms with E-state index in [1.165, 1.54) is 12.1 Å². The third kappa shape index (κ3) is 8.23. The van der Waals surface area contributed by atoms with Crippen molar-refractivity contribution in [3.8, 4) is 29.6 Å². The molecule has 5 atom stereocenters. The van der Waals surface area contributed by atoms with Gasteiger partial charge in [-0.2, -0.15) is 9.97 Å². The minimum atomic E-state index is -1.07. The van der Waals surface area contributed by atoms with Gasteiger partial charge in [-0.3, -0.25) is 39.3 Å². The summed E-state index contributed by atoms with van der Waals surface area (Å²) in [7, 11) is 0. The van der Waals surface area contributed by atoms with E-state index in [2.05, 4.69) is 48.6 Å². The summed E-state index contributed by atoms with van der Waals surface area (Å²) in [5.74, 6) is -0.656. The maximum atomic E-state index is 17.2. The van der Waals surface area contributed by atoms with Crippen LogP contribution in [-0.2, 0) is 14.3 Å². The fraction of sp³-hybridized carbons (Fsp3) is 0.385. The number of hydrogen-bond acceptors (Lipinski definition) is 14. The predicted octanol–water partition coefficient (Wildman–Crippen LogP) is 5.22. The zero-order valence-electron chi connectivity index (χ0n) is 38.7. The summed E-state index contributed by atoms with van der Waals surface area (Å²) in [6, 6.07) is 12.3. The minimum Gasteiger partial charge on any atom is -0.461 e. The van der Waals surface area contributed by atoms with Crippen LogP contribution in [0, 0.1) is 24.0 Å². The number of piperazine rings is 1. The first-order chi connectivity index (χ1) is 34.4. The zero-order chi connectivity index (χ0) is 49.1. The molecule has 5 amide bonds. The van der Waals surface area contributed by atoms with Crippen LogP contribution in [0.15, 0.2) is 66.9 Å². The molecule has 3 aromatic carbocycles. The zero-order valence-corrected chi connectivity index (χ0v) is 38.7. The second-order valence-corrected chi connectivity index (χ2v) is 19.3. The molecule has 5 aromatic rings. The van der Waals surface area contributed by atoms with Gasteiger partial charge in [-0.15, -0.1) is 6.42 Å². The van der Waals surface area contributed by atoms with Gasteiger partial charge < -0.3 is 30.3 Å². The van der Waals surface area contributed by atoms with E-state index in [0.29, 0.717) is 72.2 Å². The number of fused-ring (bicyclic) bond motifs is 6. The van der Waals surface area contributed by atoms with Crippen molar-refractivity contribution in [3.05, 3.63) is 95.2 Å². The fourth-order valence-electron chi connectivity index (χ4n) is 11.5. The number of imide groups is 2. The largest absolute Gasteiger partial charge is 0.461 e. The molecule has 71 heavy (non-hydrogen) atoms. The van der Waals surface area contributed by atoms with E-state index in [9.17, 15) is 24.0 Å². The van der Waals surface area contributed by atoms with Gasteiger partial charge >= 0.3 is 12.1 Å². The van der Waals surface area contributed by atoms with Crippen molar-refractivity contribution in [1.29, 1.82) is 0 Å². The molecule has 19 heteroatoms. The van der Waals surface area contributed by atoms with Crippen LogP contribution in [0.4, 0.5) is 25.1 Å². The lowest BCUT2D eigenvalue weighted by molar-refractivity contribution is -0.136. The molecule has 2 bridgehead atoms. The molecule has 5 saturated heterocycles. The summed E-state index contributed by atoms with van der Waals surface area (Å²) in [6.07, 6.45) is 11.4. The smallest absolute Gasteiger partial charge is 0.407 e. The van der Waals surface area contributed by atoms with E-state index < -0.39 is 52.9 Å². The van der Waals surface area contributed by atoms with Crippen LogP contribution in [0.1, 0.15) is 77.6 Å². The number of ether oxygens (including phenoxy) is 2. The Bertz CT molecular complexity index is 3130. The predicted molar refractivity (Wildman–Crippen MR) is 258 cm³/mol. The molecular formula is C52H50F2N10O7. The molecule has 8 heterocycles. The number of nitrogens with one attached hydrogen (secondary N) is 4. The lowest BCUT2D eigenvalue weighted by atomic mass is 9.94. The number of terminal acetylenes is 1. The molecule has 11 rings (SSSR count). The topological polar surface area (TPSA) is 200 Å². The van der Waals surface area contributed by atoms with Crippen molar-refractivity contribution in [2.24, 2.45) is 0 Å². The van der Waals surface area contributed by atoms with E-state index in [1.807, 2.05) is 0 Å². The second-order valence-electron chi connectivity index (χ2n) is 19.3. The van der Waals surface area contributed by atoms with Crippen LogP contribution in [-0.4, -0.2) is 130 Å². The van der Waals surface area contributed by atoms with Crippen molar-refractivity contribution in [3.63, 3.8) is 0 Å². The maximum absolute atomic E-state index is 17.2. The highest BCUT2D eigenvalue weighted by atomic mass is 19.1. The standard InChI is InChI=1S/C52H50F2N10O7/c1-3-33-37(53)14-11-29-7-4-8-34(41(29)33)44-43(54)45-36(22-57-44)46(62-24-30-12-13-31(25-62)58-30)61-50(60-45)71-27-52-18-17-32(63(52)23-28(2)21-52)26-70-51(69)56-20-6-19-55-38-10-5-9-35-42(38)49(68)64(48(35)67)39-15-16-40(65)59-47(39)66/h1,4-5,7-11,14,22,30-32,39,55,58H,2,6,12-13,15-21,23-27H2,(H,56,69)(H,59,65,66)/t30?,31?,32-,39?,52-/m0/s1. The molecule has 2 aromatic heterocycles. The number of aromatic nitrogens is 3. The third-order valence-corrected chi connectivity index (χ3v) is 14.8. The minimum absolute atomic E-state index is 0.00838. The molecule has 17 nitrogen and oxygen atoms in total. The Labute approximate surface area is 406 Å². The molecule has 0 saturated carbocycles. The van der Waals surface area contributed by atoms with E-state index in [-0.39, 0.29) is 84.6 Å². The van der Waals surface area contributed by atoms with Gasteiger partial charge in [0.15, 0.2) is 5.82 Å². The number of alkyl carbamates (subject to hydrolysis) is 1. The van der Waals surface area contributed by atoms with E-state index in [0.717, 1.165) is 36.2 Å². The number of carbonyl (C=O) groups excluding carboxylic acids is 5. The Hall–Kier alpha value is -7.56. The second kappa shape index (κ2) is 18.3. The number of piperidine rings is 1. The van der Waals surface area contributed by atoms with Gasteiger partial charge in [0, 0.05) is 80.1 Å². The molecular weight excluding hydrogens is 915 g/mol. The Kier molecular flexibility index (Phi) is 11.8. The van der Waals surface area contributed by atoms with Crippen LogP contribution in [0.5, 0.6) is 6.01 Å². The summed E-state index contributed by atoms with van der Waals surface area (Å²) < 4.78 is 44.5. The van der Waals surface area contributed by atoms with Gasteiger partial charge in [-0.1, -0.05) is 48.4 Å². The Morgan fingerprint density at radius 3 is 2.58 bits per heavy atom. The number of nitrogens with zero attached hydrogens (tertiary/aromatic N) is 6. The fourth-order valence-corrected chi connectivity index (χ4v) is 11.5. The van der Waals surface area contributed by atoms with Crippen molar-refractivity contribution < 1.29 is 42.2 Å². The van der Waals surface area contributed by atoms with E-state index >= 15 is 8.78 Å². The molecule has 6 aliphatic heterocycles. The highest BCUT2D eigenvalue weighted by molar-refractivity contribution is 6.25. The number of anilines is 2. The van der Waals surface area contributed by atoms with Crippen LogP contribution in [0.2, 0.25) is 0 Å². The number of benzene rings is 3. The molecule has 3 unspecified atom stereocenters. The Morgan fingerprint density at radius 2 is 1.77 bits per heavy atom. The molecule has 5 fully saturated rings. The highest BCUT2D eigenvalue weighted by Crippen LogP contribution is 2.45. The Morgan fingerprint density at radius 1 is 0.972 bits per heavy atom. The highest BCUT2D eigenvalue weighted by Gasteiger charge is 2.52. The molecule has 364 valence electrons. The molecule has 0 spiro atoms. The molecule has 6 aliphatic rings. The number of pyridine rings is 1. The summed E-state index contributed by atoms with van der Waals surface area (Å²) in [6.45, 7) is 7.11. The first-order valence-corrected chi connectivity index (χ1v) is 24.0. The lowest BCUT2D eigenvalue weighted by Crippen LogP contribution is -2.54. The van der Waals surface area contributed by atoms with Crippen LogP contribution in [0.25, 0.3) is 32.9 Å². The van der Waals surface area contributed by atoms with Crippen LogP contribution in [0.3, 0.4) is 0 Å². The number of carbonyl (C=O) groups is 5. The molecule has 0 aliphatic carbocycles. The van der Waals surface area contributed by atoms with Gasteiger partial charge in [0.2, 0.25) is 11.8 Å². The number of hydrogen-bond donors (Lipinski definition) is 4. The van der Waals surface area contributed by atoms with Crippen molar-refractivity contribution in [2.75, 3.05) is 56.2 Å². The van der Waals surface area contributed by atoms with Gasteiger partial charge in [0.25, 0.3) is 11.8 Å². The van der Waals surface area contributed by atoms with Crippen LogP contribution >= 0.6 is 0 Å². The average molecular weight is 965 g/mol. The van der Waals surface area contributed by atoms with Gasteiger partial charge in [0.05, 0.1) is 27.6 Å². The summed E-state index contributed by atoms with van der Waals surface area (Å²) in [5.41, 5.74) is 1.62.